The van der Waals surface area contributed by atoms with Gasteiger partial charge in [-0.15, -0.1) is 0 Å². The van der Waals surface area contributed by atoms with Gasteiger partial charge < -0.3 is 15.4 Å². The summed E-state index contributed by atoms with van der Waals surface area (Å²) in [5.41, 5.74) is 1.62. The van der Waals surface area contributed by atoms with Crippen molar-refractivity contribution < 1.29 is 14.3 Å². The van der Waals surface area contributed by atoms with Crippen LogP contribution in [0.25, 0.3) is 0 Å². The van der Waals surface area contributed by atoms with Crippen molar-refractivity contribution in [1.82, 2.24) is 5.32 Å². The molecule has 26 heavy (non-hydrogen) atoms. The Hall–Kier alpha value is -2.34. The molecular weight excluding hydrogens is 396 g/mol. The van der Waals surface area contributed by atoms with Gasteiger partial charge in [-0.1, -0.05) is 46.3 Å². The van der Waals surface area contributed by atoms with Crippen molar-refractivity contribution >= 4 is 33.6 Å². The van der Waals surface area contributed by atoms with Crippen molar-refractivity contribution in [3.63, 3.8) is 0 Å². The van der Waals surface area contributed by atoms with Gasteiger partial charge in [0.25, 0.3) is 5.91 Å². The Labute approximate surface area is 162 Å². The van der Waals surface area contributed by atoms with Crippen LogP contribution in [-0.2, 0) is 9.53 Å². The fraction of sp³-hybridized carbons (Fsp3) is 0.300. The highest BCUT2D eigenvalue weighted by atomic mass is 79.9. The van der Waals surface area contributed by atoms with Gasteiger partial charge in [-0.2, -0.15) is 0 Å². The molecule has 2 aromatic rings. The van der Waals surface area contributed by atoms with Gasteiger partial charge in [-0.25, -0.2) is 4.79 Å². The second kappa shape index (κ2) is 8.36. The van der Waals surface area contributed by atoms with Gasteiger partial charge >= 0.3 is 6.09 Å². The third-order valence-electron chi connectivity index (χ3n) is 3.50. The molecule has 6 heteroatoms. The van der Waals surface area contributed by atoms with E-state index >= 15 is 0 Å². The van der Waals surface area contributed by atoms with Crippen molar-refractivity contribution in [2.45, 2.75) is 39.3 Å². The van der Waals surface area contributed by atoms with E-state index in [4.69, 9.17) is 4.74 Å². The Balaban J connectivity index is 2.22. The first-order valence-electron chi connectivity index (χ1n) is 8.27. The average molecular weight is 419 g/mol. The first-order valence-corrected chi connectivity index (χ1v) is 9.06. The summed E-state index contributed by atoms with van der Waals surface area (Å²) in [6.45, 7) is 7.22. The van der Waals surface area contributed by atoms with Crippen LogP contribution in [0.15, 0.2) is 53.0 Å². The van der Waals surface area contributed by atoms with E-state index in [0.717, 1.165) is 10.0 Å². The maximum Gasteiger partial charge on any atom is 0.408 e. The topological polar surface area (TPSA) is 67.4 Å². The van der Waals surface area contributed by atoms with Gasteiger partial charge in [-0.3, -0.25) is 4.79 Å². The molecule has 2 aromatic carbocycles. The van der Waals surface area contributed by atoms with Gasteiger partial charge in [-0.05, 0) is 57.0 Å². The maximum atomic E-state index is 12.9. The summed E-state index contributed by atoms with van der Waals surface area (Å²) in [4.78, 5) is 25.0. The SMILES string of the molecule is Cc1cc(Br)ccc1NC(=O)[C@@H](NC(=O)OC(C)(C)C)c1ccccc1. The van der Waals surface area contributed by atoms with E-state index in [2.05, 4.69) is 26.6 Å². The molecule has 0 heterocycles. The van der Waals surface area contributed by atoms with E-state index < -0.39 is 17.7 Å². The predicted octanol–water partition coefficient (Wildman–Crippen LogP) is 4.96. The zero-order valence-corrected chi connectivity index (χ0v) is 16.9. The van der Waals surface area contributed by atoms with E-state index in [-0.39, 0.29) is 5.91 Å². The zero-order chi connectivity index (χ0) is 19.3. The molecule has 0 aliphatic carbocycles. The van der Waals surface area contributed by atoms with E-state index in [1.165, 1.54) is 0 Å². The van der Waals surface area contributed by atoms with Crippen LogP contribution in [0.2, 0.25) is 0 Å². The lowest BCUT2D eigenvalue weighted by molar-refractivity contribution is -0.118. The molecule has 0 saturated carbocycles. The number of hydrogen-bond donors (Lipinski definition) is 2. The molecule has 0 aliphatic rings. The minimum absolute atomic E-state index is 0.340. The molecule has 0 aromatic heterocycles. The molecule has 1 atom stereocenters. The van der Waals surface area contributed by atoms with Crippen LogP contribution >= 0.6 is 15.9 Å². The number of amides is 2. The van der Waals surface area contributed by atoms with Crippen LogP contribution < -0.4 is 10.6 Å². The highest BCUT2D eigenvalue weighted by Gasteiger charge is 2.26. The third-order valence-corrected chi connectivity index (χ3v) is 4.00. The highest BCUT2D eigenvalue weighted by molar-refractivity contribution is 9.10. The number of anilines is 1. The minimum atomic E-state index is -0.867. The van der Waals surface area contributed by atoms with E-state index in [1.54, 1.807) is 32.9 Å². The zero-order valence-electron chi connectivity index (χ0n) is 15.3. The largest absolute Gasteiger partial charge is 0.444 e. The summed E-state index contributed by atoms with van der Waals surface area (Å²) < 4.78 is 6.22. The second-order valence-electron chi connectivity index (χ2n) is 6.94. The molecular formula is C20H23BrN2O3. The number of rotatable bonds is 4. The Morgan fingerprint density at radius 2 is 1.73 bits per heavy atom. The number of nitrogens with one attached hydrogen (secondary N) is 2. The predicted molar refractivity (Wildman–Crippen MR) is 106 cm³/mol. The number of aryl methyl sites for hydroxylation is 1. The number of alkyl carbamates (subject to hydrolysis) is 1. The molecule has 0 spiro atoms. The average Bonchev–Trinajstić information content (AvgIpc) is 2.54. The van der Waals surface area contributed by atoms with Crippen molar-refractivity contribution in [3.05, 3.63) is 64.1 Å². The first-order chi connectivity index (χ1) is 12.2. The maximum absolute atomic E-state index is 12.9. The highest BCUT2D eigenvalue weighted by Crippen LogP contribution is 2.22. The number of carbonyl (C=O) groups is 2. The third kappa shape index (κ3) is 5.88. The molecule has 2 N–H and O–H groups in total. The van der Waals surface area contributed by atoms with Crippen LogP contribution in [0.4, 0.5) is 10.5 Å². The molecule has 0 fully saturated rings. The number of halogens is 1. The molecule has 5 nitrogen and oxygen atoms in total. The standard InChI is InChI=1S/C20H23BrN2O3/c1-13-12-15(21)10-11-16(13)22-18(24)17(14-8-6-5-7-9-14)23-19(25)26-20(2,3)4/h5-12,17H,1-4H3,(H,22,24)(H,23,25)/t17-/m0/s1. The molecule has 2 amide bonds. The van der Waals surface area contributed by atoms with Crippen molar-refractivity contribution in [1.29, 1.82) is 0 Å². The summed E-state index contributed by atoms with van der Waals surface area (Å²) in [6, 6.07) is 13.8. The van der Waals surface area contributed by atoms with Crippen molar-refractivity contribution in [2.75, 3.05) is 5.32 Å². The monoisotopic (exact) mass is 418 g/mol. The quantitative estimate of drug-likeness (QED) is 0.736. The van der Waals surface area contributed by atoms with Gasteiger partial charge in [0.1, 0.15) is 11.6 Å². The van der Waals surface area contributed by atoms with E-state index in [1.807, 2.05) is 43.3 Å². The summed E-state index contributed by atoms with van der Waals surface area (Å²) in [5, 5.41) is 5.53. The molecule has 0 saturated heterocycles. The lowest BCUT2D eigenvalue weighted by atomic mass is 10.1. The van der Waals surface area contributed by atoms with Crippen molar-refractivity contribution in [2.24, 2.45) is 0 Å². The van der Waals surface area contributed by atoms with E-state index in [9.17, 15) is 9.59 Å². The lowest BCUT2D eigenvalue weighted by Gasteiger charge is -2.24. The Bertz CT molecular complexity index is 785. The van der Waals surface area contributed by atoms with Crippen LogP contribution in [0, 0.1) is 6.92 Å². The molecule has 0 aliphatic heterocycles. The normalized spacial score (nSPS) is 12.2. The molecule has 138 valence electrons. The first kappa shape index (κ1) is 20.0. The molecule has 0 radical (unpaired) electrons. The van der Waals surface area contributed by atoms with Crippen molar-refractivity contribution in [3.8, 4) is 0 Å². The summed E-state index contributed by atoms with van der Waals surface area (Å²) >= 11 is 3.40. The number of hydrogen-bond acceptors (Lipinski definition) is 3. The minimum Gasteiger partial charge on any atom is -0.444 e. The van der Waals surface area contributed by atoms with Crippen LogP contribution in [0.1, 0.15) is 37.9 Å². The summed E-state index contributed by atoms with van der Waals surface area (Å²) in [7, 11) is 0. The summed E-state index contributed by atoms with van der Waals surface area (Å²) in [6.07, 6.45) is -0.644. The Morgan fingerprint density at radius 1 is 1.08 bits per heavy atom. The summed E-state index contributed by atoms with van der Waals surface area (Å²) in [5.74, 6) is -0.340. The van der Waals surface area contributed by atoms with E-state index in [0.29, 0.717) is 11.3 Å². The van der Waals surface area contributed by atoms with Gasteiger partial charge in [0.05, 0.1) is 0 Å². The number of benzene rings is 2. The Morgan fingerprint density at radius 3 is 2.31 bits per heavy atom. The molecule has 0 bridgehead atoms. The van der Waals surface area contributed by atoms with Crippen LogP contribution in [0.3, 0.4) is 0 Å². The van der Waals surface area contributed by atoms with Crippen LogP contribution in [0.5, 0.6) is 0 Å². The lowest BCUT2D eigenvalue weighted by Crippen LogP contribution is -2.40. The van der Waals surface area contributed by atoms with Gasteiger partial charge in [0.15, 0.2) is 0 Å². The fourth-order valence-corrected chi connectivity index (χ4v) is 2.82. The van der Waals surface area contributed by atoms with Crippen LogP contribution in [-0.4, -0.2) is 17.6 Å². The number of carbonyl (C=O) groups excluding carboxylic acids is 2. The Kier molecular flexibility index (Phi) is 6.42. The molecule has 2 rings (SSSR count). The molecule has 0 unspecified atom stereocenters. The second-order valence-corrected chi connectivity index (χ2v) is 7.85. The fourth-order valence-electron chi connectivity index (χ4n) is 2.34. The van der Waals surface area contributed by atoms with Gasteiger partial charge in [0.2, 0.25) is 0 Å². The smallest absolute Gasteiger partial charge is 0.408 e. The number of ether oxygens (including phenoxy) is 1. The van der Waals surface area contributed by atoms with Gasteiger partial charge in [0, 0.05) is 10.2 Å².